The van der Waals surface area contributed by atoms with E-state index in [1.807, 2.05) is 24.3 Å². The number of carbonyl (C=O) groups excluding carboxylic acids is 2. The van der Waals surface area contributed by atoms with Crippen molar-refractivity contribution in [3.8, 4) is 0 Å². The normalized spacial score (nSPS) is 14.2. The summed E-state index contributed by atoms with van der Waals surface area (Å²) < 4.78 is 0. The lowest BCUT2D eigenvalue weighted by atomic mass is 10.1. The van der Waals surface area contributed by atoms with Gasteiger partial charge >= 0.3 is 6.03 Å². The molecule has 136 valence electrons. The minimum absolute atomic E-state index is 0.185. The highest BCUT2D eigenvalue weighted by Gasteiger charge is 2.21. The smallest absolute Gasteiger partial charge is 0.321 e. The Morgan fingerprint density at radius 3 is 2.46 bits per heavy atom. The van der Waals surface area contributed by atoms with Gasteiger partial charge in [-0.15, -0.1) is 0 Å². The van der Waals surface area contributed by atoms with Crippen molar-refractivity contribution < 1.29 is 9.59 Å². The second kappa shape index (κ2) is 7.66. The van der Waals surface area contributed by atoms with Gasteiger partial charge in [-0.2, -0.15) is 0 Å². The summed E-state index contributed by atoms with van der Waals surface area (Å²) in [6.45, 7) is 4.48. The van der Waals surface area contributed by atoms with Crippen molar-refractivity contribution in [1.82, 2.24) is 4.90 Å². The number of benzene rings is 2. The van der Waals surface area contributed by atoms with Crippen LogP contribution in [0.25, 0.3) is 0 Å². The fourth-order valence-electron chi connectivity index (χ4n) is 3.01. The number of anilines is 2. The number of nitrogens with zero attached hydrogens (tertiary/aromatic N) is 2. The Labute approximate surface area is 157 Å². The Bertz CT molecular complexity index is 832. The first kappa shape index (κ1) is 18.1. The number of nitrogens with two attached hydrogens (primary N) is 1. The van der Waals surface area contributed by atoms with E-state index in [1.165, 1.54) is 0 Å². The topological polar surface area (TPSA) is 78.7 Å². The molecule has 1 saturated heterocycles. The van der Waals surface area contributed by atoms with Crippen LogP contribution < -0.4 is 16.0 Å². The number of hydrogen-bond acceptors (Lipinski definition) is 3. The molecule has 0 aromatic heterocycles. The van der Waals surface area contributed by atoms with Crippen molar-refractivity contribution in [1.29, 1.82) is 0 Å². The Hall–Kier alpha value is -2.73. The van der Waals surface area contributed by atoms with Gasteiger partial charge in [0.2, 0.25) is 5.91 Å². The minimum Gasteiger partial charge on any atom is -0.368 e. The van der Waals surface area contributed by atoms with Gasteiger partial charge in [0.05, 0.1) is 0 Å². The molecule has 3 N–H and O–H groups in total. The number of nitrogens with one attached hydrogen (secondary N) is 1. The molecule has 3 amide bonds. The van der Waals surface area contributed by atoms with Gasteiger partial charge in [-0.05, 0) is 42.8 Å². The maximum absolute atomic E-state index is 12.5. The van der Waals surface area contributed by atoms with Crippen molar-refractivity contribution in [3.63, 3.8) is 0 Å². The summed E-state index contributed by atoms with van der Waals surface area (Å²) in [5, 5.41) is 3.54. The first-order valence-corrected chi connectivity index (χ1v) is 8.79. The predicted octanol–water partition coefficient (Wildman–Crippen LogP) is 3.10. The van der Waals surface area contributed by atoms with Gasteiger partial charge in [0.15, 0.2) is 0 Å². The van der Waals surface area contributed by atoms with Crippen LogP contribution in [0.1, 0.15) is 15.9 Å². The molecule has 0 spiro atoms. The summed E-state index contributed by atoms with van der Waals surface area (Å²) in [4.78, 5) is 27.9. The minimum atomic E-state index is -0.506. The summed E-state index contributed by atoms with van der Waals surface area (Å²) in [6.07, 6.45) is 0. The summed E-state index contributed by atoms with van der Waals surface area (Å²) >= 11 is 6.05. The van der Waals surface area contributed by atoms with Crippen LogP contribution in [0.15, 0.2) is 42.5 Å². The first-order valence-electron chi connectivity index (χ1n) is 8.41. The summed E-state index contributed by atoms with van der Waals surface area (Å²) in [7, 11) is 0. The van der Waals surface area contributed by atoms with E-state index in [4.69, 9.17) is 17.3 Å². The van der Waals surface area contributed by atoms with Gasteiger partial charge in [0.25, 0.3) is 0 Å². The first-order chi connectivity index (χ1) is 12.4. The van der Waals surface area contributed by atoms with Gasteiger partial charge in [-0.25, -0.2) is 4.79 Å². The number of urea groups is 1. The molecule has 0 radical (unpaired) electrons. The Balaban J connectivity index is 1.60. The summed E-state index contributed by atoms with van der Waals surface area (Å²) in [5.74, 6) is -0.506. The van der Waals surface area contributed by atoms with Crippen molar-refractivity contribution in [2.75, 3.05) is 36.4 Å². The molecule has 26 heavy (non-hydrogen) atoms. The molecule has 0 bridgehead atoms. The van der Waals surface area contributed by atoms with E-state index in [1.54, 1.807) is 30.0 Å². The van der Waals surface area contributed by atoms with Crippen molar-refractivity contribution in [2.24, 2.45) is 5.73 Å². The zero-order valence-electron chi connectivity index (χ0n) is 14.5. The van der Waals surface area contributed by atoms with E-state index >= 15 is 0 Å². The molecule has 3 rings (SSSR count). The second-order valence-electron chi connectivity index (χ2n) is 6.28. The highest BCUT2D eigenvalue weighted by atomic mass is 35.5. The van der Waals surface area contributed by atoms with Gasteiger partial charge in [0.1, 0.15) is 0 Å². The number of rotatable bonds is 3. The third-order valence-electron chi connectivity index (χ3n) is 4.49. The molecule has 1 aliphatic heterocycles. The summed E-state index contributed by atoms with van der Waals surface area (Å²) in [6, 6.07) is 12.7. The van der Waals surface area contributed by atoms with Gasteiger partial charge < -0.3 is 20.9 Å². The molecule has 2 aromatic carbocycles. The van der Waals surface area contributed by atoms with Crippen LogP contribution in [0.4, 0.5) is 16.2 Å². The molecular formula is C19H21ClN4O2. The highest BCUT2D eigenvalue weighted by molar-refractivity contribution is 6.30. The third kappa shape index (κ3) is 4.08. The second-order valence-corrected chi connectivity index (χ2v) is 6.71. The van der Waals surface area contributed by atoms with Crippen LogP contribution in [0, 0.1) is 6.92 Å². The molecule has 7 heteroatoms. The number of amides is 3. The van der Waals surface area contributed by atoms with Crippen LogP contribution in [0.5, 0.6) is 0 Å². The predicted molar refractivity (Wildman–Crippen MR) is 104 cm³/mol. The fraction of sp³-hybridized carbons (Fsp3) is 0.263. The van der Waals surface area contributed by atoms with Gasteiger partial charge in [0, 0.05) is 48.1 Å². The van der Waals surface area contributed by atoms with E-state index < -0.39 is 5.91 Å². The fourth-order valence-corrected chi connectivity index (χ4v) is 3.19. The van der Waals surface area contributed by atoms with Crippen LogP contribution >= 0.6 is 11.6 Å². The third-order valence-corrected chi connectivity index (χ3v) is 4.73. The van der Waals surface area contributed by atoms with Crippen LogP contribution in [-0.4, -0.2) is 43.0 Å². The molecule has 0 unspecified atom stereocenters. The number of piperazine rings is 1. The van der Waals surface area contributed by atoms with Gasteiger partial charge in [-0.1, -0.05) is 23.7 Å². The zero-order valence-corrected chi connectivity index (χ0v) is 15.3. The maximum atomic E-state index is 12.5. The van der Waals surface area contributed by atoms with E-state index in [0.717, 1.165) is 24.3 Å². The Morgan fingerprint density at radius 1 is 1.08 bits per heavy atom. The molecule has 0 atom stereocenters. The molecule has 0 aliphatic carbocycles. The van der Waals surface area contributed by atoms with Crippen molar-refractivity contribution in [3.05, 3.63) is 58.6 Å². The SMILES string of the molecule is Cc1ccc(NC(=O)N2CCN(c3cccc(Cl)c3)CC2)cc1C(N)=O. The average Bonchev–Trinajstić information content (AvgIpc) is 2.63. The molecule has 0 saturated carbocycles. The van der Waals surface area contributed by atoms with Crippen LogP contribution in [0.3, 0.4) is 0 Å². The quantitative estimate of drug-likeness (QED) is 0.868. The lowest BCUT2D eigenvalue weighted by Gasteiger charge is -2.36. The number of primary amides is 1. The number of hydrogen-bond donors (Lipinski definition) is 2. The van der Waals surface area contributed by atoms with Crippen molar-refractivity contribution >= 4 is 34.9 Å². The Kier molecular flexibility index (Phi) is 5.32. The molecule has 1 aliphatic rings. The molecule has 6 nitrogen and oxygen atoms in total. The molecule has 2 aromatic rings. The molecule has 1 heterocycles. The average molecular weight is 373 g/mol. The highest BCUT2D eigenvalue weighted by Crippen LogP contribution is 2.21. The van der Waals surface area contributed by atoms with Gasteiger partial charge in [-0.3, -0.25) is 4.79 Å². The number of aryl methyl sites for hydroxylation is 1. The van der Waals surface area contributed by atoms with E-state index in [0.29, 0.717) is 29.4 Å². The largest absolute Gasteiger partial charge is 0.368 e. The standard InChI is InChI=1S/C19H21ClN4O2/c1-13-5-6-15(12-17(13)18(21)25)22-19(26)24-9-7-23(8-10-24)16-4-2-3-14(20)11-16/h2-6,11-12H,7-10H2,1H3,(H2,21,25)(H,22,26). The van der Waals surface area contributed by atoms with Crippen LogP contribution in [-0.2, 0) is 0 Å². The number of carbonyl (C=O) groups is 2. The maximum Gasteiger partial charge on any atom is 0.321 e. The molecule has 1 fully saturated rings. The lowest BCUT2D eigenvalue weighted by Crippen LogP contribution is -2.50. The van der Waals surface area contributed by atoms with E-state index in [-0.39, 0.29) is 6.03 Å². The zero-order chi connectivity index (χ0) is 18.7. The van der Waals surface area contributed by atoms with E-state index in [9.17, 15) is 9.59 Å². The van der Waals surface area contributed by atoms with Crippen molar-refractivity contribution in [2.45, 2.75) is 6.92 Å². The summed E-state index contributed by atoms with van der Waals surface area (Å²) in [5.41, 5.74) is 8.17. The number of halogens is 1. The van der Waals surface area contributed by atoms with Crippen LogP contribution in [0.2, 0.25) is 5.02 Å². The lowest BCUT2D eigenvalue weighted by molar-refractivity contribution is 0.0999. The molecular weight excluding hydrogens is 352 g/mol. The Morgan fingerprint density at radius 2 is 1.81 bits per heavy atom. The van der Waals surface area contributed by atoms with E-state index in [2.05, 4.69) is 10.2 Å². The monoisotopic (exact) mass is 372 g/mol.